The van der Waals surface area contributed by atoms with Crippen molar-refractivity contribution in [1.29, 1.82) is 0 Å². The molecule has 1 aliphatic rings. The number of thiazole rings is 1. The molecule has 1 N–H and O–H groups in total. The van der Waals surface area contributed by atoms with Crippen molar-refractivity contribution in [2.75, 3.05) is 13.1 Å². The van der Waals surface area contributed by atoms with E-state index in [-0.39, 0.29) is 5.25 Å². The number of hydrogen-bond acceptors (Lipinski definition) is 9. The van der Waals surface area contributed by atoms with Crippen molar-refractivity contribution < 1.29 is 12.9 Å². The maximum atomic E-state index is 12.9. The molecule has 1 atom stereocenters. The third kappa shape index (κ3) is 3.96. The molecule has 1 unspecified atom stereocenters. The van der Waals surface area contributed by atoms with Gasteiger partial charge in [0.25, 0.3) is 0 Å². The summed E-state index contributed by atoms with van der Waals surface area (Å²) in [6.07, 6.45) is 4.94. The van der Waals surface area contributed by atoms with Gasteiger partial charge in [-0.1, -0.05) is 17.3 Å². The fraction of sp³-hybridized carbons (Fsp3) is 0.273. The quantitative estimate of drug-likeness (QED) is 0.472. The third-order valence-corrected chi connectivity index (χ3v) is 8.52. The normalized spacial score (nSPS) is 16.8. The number of sulfone groups is 1. The van der Waals surface area contributed by atoms with Gasteiger partial charge in [-0.15, -0.1) is 11.3 Å². The molecule has 0 spiro atoms. The summed E-state index contributed by atoms with van der Waals surface area (Å²) >= 11 is 1.48. The van der Waals surface area contributed by atoms with Crippen LogP contribution < -0.4 is 5.32 Å². The molecule has 32 heavy (non-hydrogen) atoms. The van der Waals surface area contributed by atoms with Crippen LogP contribution in [0.5, 0.6) is 0 Å². The van der Waals surface area contributed by atoms with E-state index in [4.69, 9.17) is 9.51 Å². The lowest BCUT2D eigenvalue weighted by Gasteiger charge is -2.22. The average molecular weight is 468 g/mol. The van der Waals surface area contributed by atoms with Crippen molar-refractivity contribution in [2.45, 2.75) is 29.9 Å². The summed E-state index contributed by atoms with van der Waals surface area (Å²) in [4.78, 5) is 13.8. The molecule has 4 heterocycles. The van der Waals surface area contributed by atoms with E-state index in [1.54, 1.807) is 42.7 Å². The Balaban J connectivity index is 1.43. The Bertz CT molecular complexity index is 1330. The van der Waals surface area contributed by atoms with Gasteiger partial charge in [0.1, 0.15) is 16.4 Å². The molecular formula is C22H21N5O3S2. The Morgan fingerprint density at radius 1 is 1.16 bits per heavy atom. The highest BCUT2D eigenvalue weighted by Crippen LogP contribution is 2.30. The van der Waals surface area contributed by atoms with E-state index in [1.807, 2.05) is 12.3 Å². The van der Waals surface area contributed by atoms with E-state index >= 15 is 0 Å². The number of hydrogen-bond donors (Lipinski definition) is 1. The smallest absolute Gasteiger partial charge is 0.187 e. The van der Waals surface area contributed by atoms with E-state index in [0.717, 1.165) is 23.5 Å². The molecule has 0 saturated carbocycles. The van der Waals surface area contributed by atoms with Crippen LogP contribution in [0.3, 0.4) is 0 Å². The minimum Gasteiger partial charge on any atom is -0.354 e. The Kier molecular flexibility index (Phi) is 5.58. The fourth-order valence-corrected chi connectivity index (χ4v) is 6.06. The zero-order chi connectivity index (χ0) is 22.1. The first-order chi connectivity index (χ1) is 15.5. The first kappa shape index (κ1) is 20.9. The molecule has 5 rings (SSSR count). The minimum absolute atomic E-state index is 0.332. The SMILES string of the molecule is Cc1ncc(-c2ccc(S(=O)(=O)C3CCCNC3)cc2)nc1-c1cc(-c2nccs2)no1. The van der Waals surface area contributed by atoms with Crippen LogP contribution in [0.25, 0.3) is 33.4 Å². The minimum atomic E-state index is -3.36. The molecule has 1 aliphatic heterocycles. The lowest BCUT2D eigenvalue weighted by atomic mass is 10.1. The number of aryl methyl sites for hydroxylation is 1. The Hall–Kier alpha value is -2.95. The van der Waals surface area contributed by atoms with Crippen LogP contribution >= 0.6 is 11.3 Å². The molecule has 1 fully saturated rings. The molecule has 0 bridgehead atoms. The van der Waals surface area contributed by atoms with E-state index in [2.05, 4.69) is 20.4 Å². The van der Waals surface area contributed by atoms with Gasteiger partial charge in [0.05, 0.1) is 27.7 Å². The maximum Gasteiger partial charge on any atom is 0.187 e. The van der Waals surface area contributed by atoms with Gasteiger partial charge in [-0.2, -0.15) is 0 Å². The summed E-state index contributed by atoms with van der Waals surface area (Å²) in [6, 6.07) is 8.64. The van der Waals surface area contributed by atoms with E-state index in [0.29, 0.717) is 46.4 Å². The van der Waals surface area contributed by atoms with Gasteiger partial charge < -0.3 is 9.84 Å². The molecule has 8 nitrogen and oxygen atoms in total. The highest BCUT2D eigenvalue weighted by Gasteiger charge is 2.28. The maximum absolute atomic E-state index is 12.9. The first-order valence-corrected chi connectivity index (χ1v) is 12.7. The number of nitrogens with zero attached hydrogens (tertiary/aromatic N) is 4. The molecular weight excluding hydrogens is 446 g/mol. The second-order valence-corrected chi connectivity index (χ2v) is 10.8. The number of nitrogens with one attached hydrogen (secondary N) is 1. The lowest BCUT2D eigenvalue weighted by molar-refractivity contribution is 0.433. The van der Waals surface area contributed by atoms with Gasteiger partial charge in [0.2, 0.25) is 0 Å². The monoisotopic (exact) mass is 467 g/mol. The molecule has 0 aliphatic carbocycles. The standard InChI is InChI=1S/C22H21N5O3S2/c1-14-21(20-11-18(27-30-20)22-24-9-10-31-22)26-19(13-25-14)15-4-6-16(7-5-15)32(28,29)17-3-2-8-23-12-17/h4-7,9-11,13,17,23H,2-3,8,12H2,1H3. The van der Waals surface area contributed by atoms with Crippen LogP contribution in [0.15, 0.2) is 57.5 Å². The van der Waals surface area contributed by atoms with Crippen molar-refractivity contribution in [3.05, 3.63) is 53.8 Å². The zero-order valence-electron chi connectivity index (χ0n) is 17.4. The topological polar surface area (TPSA) is 111 Å². The molecule has 1 aromatic carbocycles. The lowest BCUT2D eigenvalue weighted by Crippen LogP contribution is -2.38. The second kappa shape index (κ2) is 8.53. The highest BCUT2D eigenvalue weighted by atomic mass is 32.2. The average Bonchev–Trinajstić information content (AvgIpc) is 3.52. The summed E-state index contributed by atoms with van der Waals surface area (Å²) in [5, 5.41) is 9.53. The van der Waals surface area contributed by atoms with Crippen LogP contribution in [0.2, 0.25) is 0 Å². The number of benzene rings is 1. The molecule has 4 aromatic rings. The number of aromatic nitrogens is 4. The third-order valence-electron chi connectivity index (χ3n) is 5.52. The van der Waals surface area contributed by atoms with Gasteiger partial charge in [-0.25, -0.2) is 18.4 Å². The summed E-state index contributed by atoms with van der Waals surface area (Å²) < 4.78 is 31.4. The first-order valence-electron chi connectivity index (χ1n) is 10.3. The summed E-state index contributed by atoms with van der Waals surface area (Å²) in [7, 11) is -3.36. The van der Waals surface area contributed by atoms with Crippen molar-refractivity contribution in [3.63, 3.8) is 0 Å². The van der Waals surface area contributed by atoms with Gasteiger partial charge >= 0.3 is 0 Å². The van der Waals surface area contributed by atoms with Crippen LogP contribution in [-0.4, -0.2) is 46.9 Å². The number of rotatable bonds is 5. The van der Waals surface area contributed by atoms with Crippen LogP contribution in [0, 0.1) is 6.92 Å². The van der Waals surface area contributed by atoms with Crippen molar-refractivity contribution in [3.8, 4) is 33.4 Å². The molecule has 10 heteroatoms. The summed E-state index contributed by atoms with van der Waals surface area (Å²) in [6.45, 7) is 3.22. The second-order valence-electron chi connectivity index (χ2n) is 7.64. The van der Waals surface area contributed by atoms with Crippen molar-refractivity contribution in [1.82, 2.24) is 25.4 Å². The van der Waals surface area contributed by atoms with Crippen LogP contribution in [-0.2, 0) is 9.84 Å². The fourth-order valence-electron chi connectivity index (χ4n) is 3.75. The van der Waals surface area contributed by atoms with Gasteiger partial charge in [-0.05, 0) is 38.4 Å². The number of piperidine rings is 1. The van der Waals surface area contributed by atoms with Gasteiger partial charge in [0, 0.05) is 29.8 Å². The van der Waals surface area contributed by atoms with E-state index < -0.39 is 9.84 Å². The molecule has 164 valence electrons. The van der Waals surface area contributed by atoms with E-state index in [9.17, 15) is 8.42 Å². The summed E-state index contributed by atoms with van der Waals surface area (Å²) in [5.74, 6) is 0.506. The Morgan fingerprint density at radius 3 is 2.72 bits per heavy atom. The Morgan fingerprint density at radius 2 is 2.00 bits per heavy atom. The Labute approximate surface area is 189 Å². The van der Waals surface area contributed by atoms with Crippen molar-refractivity contribution >= 4 is 21.2 Å². The van der Waals surface area contributed by atoms with E-state index in [1.165, 1.54) is 11.3 Å². The predicted octanol–water partition coefficient (Wildman–Crippen LogP) is 3.76. The van der Waals surface area contributed by atoms with Gasteiger partial charge in [-0.3, -0.25) is 4.98 Å². The summed E-state index contributed by atoms with van der Waals surface area (Å²) in [5.41, 5.74) is 3.34. The van der Waals surface area contributed by atoms with Crippen molar-refractivity contribution in [2.24, 2.45) is 0 Å². The zero-order valence-corrected chi connectivity index (χ0v) is 19.0. The predicted molar refractivity (Wildman–Crippen MR) is 122 cm³/mol. The largest absolute Gasteiger partial charge is 0.354 e. The van der Waals surface area contributed by atoms with Crippen LogP contribution in [0.4, 0.5) is 0 Å². The molecule has 0 amide bonds. The molecule has 3 aromatic heterocycles. The highest BCUT2D eigenvalue weighted by molar-refractivity contribution is 7.92. The van der Waals surface area contributed by atoms with Gasteiger partial charge in [0.15, 0.2) is 15.6 Å². The van der Waals surface area contributed by atoms with Crippen LogP contribution in [0.1, 0.15) is 18.5 Å². The molecule has 0 radical (unpaired) electrons. The molecule has 1 saturated heterocycles.